The monoisotopic (exact) mass is 461 g/mol. The van der Waals surface area contributed by atoms with E-state index in [9.17, 15) is 22.8 Å². The lowest BCUT2D eigenvalue weighted by atomic mass is 9.99. The van der Waals surface area contributed by atoms with Gasteiger partial charge in [-0.1, -0.05) is 23.2 Å². The molecule has 0 saturated carbocycles. The van der Waals surface area contributed by atoms with Crippen LogP contribution in [-0.4, -0.2) is 30.0 Å². The normalized spacial score (nSPS) is 16.7. The number of nitrogens with zero attached hydrogens (tertiary/aromatic N) is 1. The molecule has 2 aromatic rings. The second kappa shape index (κ2) is 9.09. The SMILES string of the molecule is O=C1CC(CNC(=O)c2cnc(Nc3ccc(Cl)cc3Cl)cc2C(F)(F)F)CCO1. The zero-order chi connectivity index (χ0) is 21.9. The van der Waals surface area contributed by atoms with Crippen LogP contribution in [-0.2, 0) is 15.7 Å². The summed E-state index contributed by atoms with van der Waals surface area (Å²) in [5.74, 6) is -1.65. The lowest BCUT2D eigenvalue weighted by Crippen LogP contribution is -2.34. The Morgan fingerprint density at radius 2 is 2.03 bits per heavy atom. The molecule has 30 heavy (non-hydrogen) atoms. The average molecular weight is 462 g/mol. The highest BCUT2D eigenvalue weighted by molar-refractivity contribution is 6.36. The zero-order valence-electron chi connectivity index (χ0n) is 15.4. The second-order valence-corrected chi connectivity index (χ2v) is 7.50. The molecule has 1 aromatic carbocycles. The Labute approximate surface area is 179 Å². The summed E-state index contributed by atoms with van der Waals surface area (Å²) in [6.45, 7) is 0.286. The Balaban J connectivity index is 1.78. The third-order valence-corrected chi connectivity index (χ3v) is 4.99. The number of alkyl halides is 3. The first-order valence-corrected chi connectivity index (χ1v) is 9.62. The number of hydrogen-bond acceptors (Lipinski definition) is 5. The van der Waals surface area contributed by atoms with Gasteiger partial charge in [0.25, 0.3) is 5.91 Å². The molecule has 0 spiro atoms. The topological polar surface area (TPSA) is 80.3 Å². The Kier molecular flexibility index (Phi) is 6.72. The summed E-state index contributed by atoms with van der Waals surface area (Å²) in [5, 5.41) is 5.69. The number of carbonyl (C=O) groups excluding carboxylic acids is 2. The summed E-state index contributed by atoms with van der Waals surface area (Å²) in [7, 11) is 0. The van der Waals surface area contributed by atoms with Crippen LogP contribution in [0.25, 0.3) is 0 Å². The van der Waals surface area contributed by atoms with E-state index in [4.69, 9.17) is 27.9 Å². The summed E-state index contributed by atoms with van der Waals surface area (Å²) >= 11 is 11.8. The number of anilines is 2. The molecule has 0 aliphatic carbocycles. The van der Waals surface area contributed by atoms with Gasteiger partial charge in [0.05, 0.1) is 34.9 Å². The number of amides is 1. The molecule has 1 unspecified atom stereocenters. The van der Waals surface area contributed by atoms with Crippen molar-refractivity contribution in [2.75, 3.05) is 18.5 Å². The molecule has 1 saturated heterocycles. The summed E-state index contributed by atoms with van der Waals surface area (Å²) in [6, 6.07) is 5.18. The number of cyclic esters (lactones) is 1. The number of rotatable bonds is 5. The number of halogens is 5. The van der Waals surface area contributed by atoms with Gasteiger partial charge in [-0.3, -0.25) is 9.59 Å². The Morgan fingerprint density at radius 3 is 2.70 bits per heavy atom. The van der Waals surface area contributed by atoms with Crippen LogP contribution >= 0.6 is 23.2 Å². The minimum absolute atomic E-state index is 0.0611. The molecular weight excluding hydrogens is 446 g/mol. The van der Waals surface area contributed by atoms with Crippen LogP contribution in [0.15, 0.2) is 30.5 Å². The number of carbonyl (C=O) groups is 2. The number of hydrogen-bond donors (Lipinski definition) is 2. The van der Waals surface area contributed by atoms with E-state index in [-0.39, 0.29) is 36.3 Å². The van der Waals surface area contributed by atoms with E-state index in [1.807, 2.05) is 0 Å². The molecule has 11 heteroatoms. The van der Waals surface area contributed by atoms with Crippen LogP contribution in [0.3, 0.4) is 0 Å². The van der Waals surface area contributed by atoms with Gasteiger partial charge in [0.15, 0.2) is 0 Å². The van der Waals surface area contributed by atoms with Gasteiger partial charge in [0.2, 0.25) is 0 Å². The number of nitrogens with one attached hydrogen (secondary N) is 2. The van der Waals surface area contributed by atoms with Gasteiger partial charge in [0, 0.05) is 17.8 Å². The fraction of sp³-hybridized carbons (Fsp3) is 0.316. The van der Waals surface area contributed by atoms with Crippen molar-refractivity contribution in [3.63, 3.8) is 0 Å². The van der Waals surface area contributed by atoms with Gasteiger partial charge in [0.1, 0.15) is 5.82 Å². The van der Waals surface area contributed by atoms with Crippen LogP contribution in [0.5, 0.6) is 0 Å². The van der Waals surface area contributed by atoms with E-state index in [1.54, 1.807) is 0 Å². The first kappa shape index (κ1) is 22.2. The predicted octanol–water partition coefficient (Wildman–Crippen LogP) is 4.83. The van der Waals surface area contributed by atoms with Crippen LogP contribution in [0, 0.1) is 5.92 Å². The van der Waals surface area contributed by atoms with Gasteiger partial charge in [-0.15, -0.1) is 0 Å². The fourth-order valence-corrected chi connectivity index (χ4v) is 3.37. The molecule has 1 aliphatic heterocycles. The minimum atomic E-state index is -4.79. The molecule has 160 valence electrons. The van der Waals surface area contributed by atoms with E-state index >= 15 is 0 Å². The molecule has 2 N–H and O–H groups in total. The van der Waals surface area contributed by atoms with Crippen LogP contribution in [0.4, 0.5) is 24.7 Å². The highest BCUT2D eigenvalue weighted by atomic mass is 35.5. The van der Waals surface area contributed by atoms with Crippen LogP contribution in [0.2, 0.25) is 10.0 Å². The van der Waals surface area contributed by atoms with E-state index in [0.29, 0.717) is 17.1 Å². The maximum absolute atomic E-state index is 13.6. The van der Waals surface area contributed by atoms with Crippen LogP contribution in [0.1, 0.15) is 28.8 Å². The van der Waals surface area contributed by atoms with Gasteiger partial charge < -0.3 is 15.4 Å². The van der Waals surface area contributed by atoms with Gasteiger partial charge >= 0.3 is 12.1 Å². The van der Waals surface area contributed by atoms with Gasteiger partial charge in [-0.2, -0.15) is 13.2 Å². The van der Waals surface area contributed by atoms with E-state index < -0.39 is 29.2 Å². The average Bonchev–Trinajstić information content (AvgIpc) is 2.67. The molecule has 1 aliphatic rings. The molecule has 0 bridgehead atoms. The molecule has 1 amide bonds. The number of benzene rings is 1. The smallest absolute Gasteiger partial charge is 0.417 e. The fourth-order valence-electron chi connectivity index (χ4n) is 2.91. The molecule has 3 rings (SSSR count). The molecule has 6 nitrogen and oxygen atoms in total. The van der Waals surface area contributed by atoms with Crippen molar-refractivity contribution in [3.05, 3.63) is 51.6 Å². The maximum atomic E-state index is 13.6. The second-order valence-electron chi connectivity index (χ2n) is 6.65. The van der Waals surface area contributed by atoms with Crippen molar-refractivity contribution < 1.29 is 27.5 Å². The van der Waals surface area contributed by atoms with E-state index in [2.05, 4.69) is 15.6 Å². The Hall–Kier alpha value is -2.52. The molecular formula is C19H16Cl2F3N3O3. The van der Waals surface area contributed by atoms with E-state index in [1.165, 1.54) is 18.2 Å². The molecule has 1 atom stereocenters. The molecule has 2 heterocycles. The van der Waals surface area contributed by atoms with Crippen molar-refractivity contribution in [1.82, 2.24) is 10.3 Å². The predicted molar refractivity (Wildman–Crippen MR) is 105 cm³/mol. The lowest BCUT2D eigenvalue weighted by molar-refractivity contribution is -0.149. The highest BCUT2D eigenvalue weighted by Crippen LogP contribution is 2.34. The number of pyridine rings is 1. The first-order chi connectivity index (χ1) is 14.1. The van der Waals surface area contributed by atoms with Crippen molar-refractivity contribution in [1.29, 1.82) is 0 Å². The molecule has 1 aromatic heterocycles. The standard InChI is InChI=1S/C19H16Cl2F3N3O3/c20-11-1-2-15(14(21)6-11)27-16-7-13(19(22,23)24)12(9-25-16)18(29)26-8-10-3-4-30-17(28)5-10/h1-2,6-7,9-10H,3-5,8H2,(H,25,27)(H,26,29). The number of esters is 1. The highest BCUT2D eigenvalue weighted by Gasteiger charge is 2.36. The Morgan fingerprint density at radius 1 is 1.27 bits per heavy atom. The van der Waals surface area contributed by atoms with Crippen LogP contribution < -0.4 is 10.6 Å². The van der Waals surface area contributed by atoms with Crippen molar-refractivity contribution in [3.8, 4) is 0 Å². The first-order valence-electron chi connectivity index (χ1n) is 8.86. The minimum Gasteiger partial charge on any atom is -0.466 e. The molecule has 1 fully saturated rings. The molecule has 0 radical (unpaired) electrons. The number of ether oxygens (including phenoxy) is 1. The lowest BCUT2D eigenvalue weighted by Gasteiger charge is -2.22. The zero-order valence-corrected chi connectivity index (χ0v) is 16.9. The largest absolute Gasteiger partial charge is 0.466 e. The third kappa shape index (κ3) is 5.54. The van der Waals surface area contributed by atoms with Gasteiger partial charge in [-0.25, -0.2) is 4.98 Å². The third-order valence-electron chi connectivity index (χ3n) is 4.44. The summed E-state index contributed by atoms with van der Waals surface area (Å²) in [4.78, 5) is 27.6. The van der Waals surface area contributed by atoms with Crippen molar-refractivity contribution in [2.24, 2.45) is 5.92 Å². The summed E-state index contributed by atoms with van der Waals surface area (Å²) in [6.07, 6.45) is -3.31. The van der Waals surface area contributed by atoms with Crippen molar-refractivity contribution in [2.45, 2.75) is 19.0 Å². The van der Waals surface area contributed by atoms with E-state index in [0.717, 1.165) is 12.3 Å². The quantitative estimate of drug-likeness (QED) is 0.623. The van der Waals surface area contributed by atoms with Gasteiger partial charge in [-0.05, 0) is 36.6 Å². The Bertz CT molecular complexity index is 970. The number of aromatic nitrogens is 1. The van der Waals surface area contributed by atoms with Crippen molar-refractivity contribution >= 4 is 46.6 Å². The summed E-state index contributed by atoms with van der Waals surface area (Å²) in [5.41, 5.74) is -1.46. The summed E-state index contributed by atoms with van der Waals surface area (Å²) < 4.78 is 45.5. The maximum Gasteiger partial charge on any atom is 0.417 e.